The molecular formula is C11H20N2O. The summed E-state index contributed by atoms with van der Waals surface area (Å²) in [4.78, 5) is 11.6. The van der Waals surface area contributed by atoms with E-state index >= 15 is 0 Å². The van der Waals surface area contributed by atoms with Crippen LogP contribution >= 0.6 is 0 Å². The number of hydrogen-bond donors (Lipinski definition) is 2. The van der Waals surface area contributed by atoms with Gasteiger partial charge < -0.3 is 11.1 Å². The first-order valence-corrected chi connectivity index (χ1v) is 5.67. The van der Waals surface area contributed by atoms with Gasteiger partial charge >= 0.3 is 0 Å². The Balaban J connectivity index is 1.76. The van der Waals surface area contributed by atoms with E-state index in [0.717, 1.165) is 19.3 Å². The molecule has 0 saturated heterocycles. The van der Waals surface area contributed by atoms with Crippen molar-refractivity contribution in [3.05, 3.63) is 0 Å². The molecule has 2 aliphatic carbocycles. The van der Waals surface area contributed by atoms with Crippen LogP contribution in [-0.2, 0) is 4.79 Å². The maximum absolute atomic E-state index is 11.6. The van der Waals surface area contributed by atoms with Gasteiger partial charge in [0.1, 0.15) is 0 Å². The minimum atomic E-state index is -0.147. The summed E-state index contributed by atoms with van der Waals surface area (Å²) in [6.07, 6.45) is 6.20. The summed E-state index contributed by atoms with van der Waals surface area (Å²) in [6, 6.07) is 0.407. The van der Waals surface area contributed by atoms with Crippen molar-refractivity contribution in [2.24, 2.45) is 11.7 Å². The van der Waals surface area contributed by atoms with E-state index in [9.17, 15) is 4.79 Å². The number of nitrogens with one attached hydrogen (secondary N) is 1. The van der Waals surface area contributed by atoms with E-state index < -0.39 is 0 Å². The molecule has 2 saturated carbocycles. The van der Waals surface area contributed by atoms with E-state index in [1.807, 2.05) is 0 Å². The molecule has 2 atom stereocenters. The van der Waals surface area contributed by atoms with Crippen molar-refractivity contribution in [1.82, 2.24) is 5.32 Å². The minimum Gasteiger partial charge on any atom is -0.353 e. The second-order valence-electron chi connectivity index (χ2n) is 5.12. The first-order valence-electron chi connectivity index (χ1n) is 5.67. The minimum absolute atomic E-state index is 0.147. The van der Waals surface area contributed by atoms with Crippen molar-refractivity contribution in [3.63, 3.8) is 0 Å². The fraction of sp³-hybridized carbons (Fsp3) is 0.909. The largest absolute Gasteiger partial charge is 0.353 e. The SMILES string of the molecule is CC1CCCC1NC(=O)CC1(N)CC1. The van der Waals surface area contributed by atoms with Crippen LogP contribution in [0.2, 0.25) is 0 Å². The van der Waals surface area contributed by atoms with Crippen molar-refractivity contribution in [3.8, 4) is 0 Å². The Morgan fingerprint density at radius 1 is 1.50 bits per heavy atom. The van der Waals surface area contributed by atoms with Crippen molar-refractivity contribution in [1.29, 1.82) is 0 Å². The summed E-state index contributed by atoms with van der Waals surface area (Å²) in [7, 11) is 0. The molecule has 1 amide bonds. The van der Waals surface area contributed by atoms with Crippen LogP contribution in [0.4, 0.5) is 0 Å². The zero-order valence-corrected chi connectivity index (χ0v) is 8.88. The third kappa shape index (κ3) is 2.27. The summed E-state index contributed by atoms with van der Waals surface area (Å²) in [5.74, 6) is 0.802. The van der Waals surface area contributed by atoms with E-state index in [2.05, 4.69) is 12.2 Å². The van der Waals surface area contributed by atoms with Gasteiger partial charge in [-0.1, -0.05) is 13.3 Å². The molecule has 3 nitrogen and oxygen atoms in total. The van der Waals surface area contributed by atoms with Crippen molar-refractivity contribution >= 4 is 5.91 Å². The molecule has 0 aromatic carbocycles. The molecule has 2 unspecified atom stereocenters. The standard InChI is InChI=1S/C11H20N2O/c1-8-3-2-4-9(8)13-10(14)7-11(12)5-6-11/h8-9H,2-7,12H2,1H3,(H,13,14). The third-order valence-corrected chi connectivity index (χ3v) is 3.61. The fourth-order valence-electron chi connectivity index (χ4n) is 2.27. The van der Waals surface area contributed by atoms with Gasteiger partial charge in [0, 0.05) is 18.0 Å². The highest BCUT2D eigenvalue weighted by molar-refractivity contribution is 5.78. The number of carbonyl (C=O) groups is 1. The predicted octanol–water partition coefficient (Wildman–Crippen LogP) is 1.17. The molecule has 2 rings (SSSR count). The van der Waals surface area contributed by atoms with Crippen LogP contribution in [-0.4, -0.2) is 17.5 Å². The molecule has 0 radical (unpaired) electrons. The summed E-state index contributed by atoms with van der Waals surface area (Å²) < 4.78 is 0. The number of nitrogens with two attached hydrogens (primary N) is 1. The average Bonchev–Trinajstić information content (AvgIpc) is 2.67. The molecule has 0 aliphatic heterocycles. The van der Waals surface area contributed by atoms with Crippen molar-refractivity contribution < 1.29 is 4.79 Å². The Kier molecular flexibility index (Phi) is 2.52. The monoisotopic (exact) mass is 196 g/mol. The van der Waals surface area contributed by atoms with E-state index in [1.165, 1.54) is 12.8 Å². The summed E-state index contributed by atoms with van der Waals surface area (Å²) in [5.41, 5.74) is 5.75. The second-order valence-corrected chi connectivity index (χ2v) is 5.12. The number of rotatable bonds is 3. The lowest BCUT2D eigenvalue weighted by atomic mass is 10.1. The van der Waals surface area contributed by atoms with Gasteiger partial charge in [-0.3, -0.25) is 4.79 Å². The lowest BCUT2D eigenvalue weighted by molar-refractivity contribution is -0.122. The number of carbonyl (C=O) groups excluding carboxylic acids is 1. The fourth-order valence-corrected chi connectivity index (χ4v) is 2.27. The Labute approximate surface area is 85.4 Å². The topological polar surface area (TPSA) is 55.1 Å². The van der Waals surface area contributed by atoms with Crippen LogP contribution in [0.3, 0.4) is 0 Å². The maximum atomic E-state index is 11.6. The van der Waals surface area contributed by atoms with Gasteiger partial charge in [-0.05, 0) is 31.6 Å². The highest BCUT2D eigenvalue weighted by atomic mass is 16.1. The lowest BCUT2D eigenvalue weighted by Crippen LogP contribution is -2.40. The van der Waals surface area contributed by atoms with E-state index in [0.29, 0.717) is 18.4 Å². The molecule has 0 heterocycles. The molecule has 3 heteroatoms. The Hall–Kier alpha value is -0.570. The van der Waals surface area contributed by atoms with Crippen LogP contribution < -0.4 is 11.1 Å². The van der Waals surface area contributed by atoms with Crippen LogP contribution in [0, 0.1) is 5.92 Å². The van der Waals surface area contributed by atoms with Gasteiger partial charge in [0.05, 0.1) is 0 Å². The van der Waals surface area contributed by atoms with Gasteiger partial charge in [0.15, 0.2) is 0 Å². The molecule has 3 N–H and O–H groups in total. The first-order chi connectivity index (χ1) is 6.59. The quantitative estimate of drug-likeness (QED) is 0.712. The molecule has 14 heavy (non-hydrogen) atoms. The number of hydrogen-bond acceptors (Lipinski definition) is 2. The average molecular weight is 196 g/mol. The summed E-state index contributed by atoms with van der Waals surface area (Å²) in [5, 5.41) is 3.11. The Bertz CT molecular complexity index is 235. The molecule has 0 aromatic rings. The van der Waals surface area contributed by atoms with Gasteiger partial charge in [0.25, 0.3) is 0 Å². The van der Waals surface area contributed by atoms with Gasteiger partial charge in [-0.2, -0.15) is 0 Å². The molecule has 2 fully saturated rings. The van der Waals surface area contributed by atoms with Crippen LogP contribution in [0.5, 0.6) is 0 Å². The summed E-state index contributed by atoms with van der Waals surface area (Å²) >= 11 is 0. The maximum Gasteiger partial charge on any atom is 0.222 e. The lowest BCUT2D eigenvalue weighted by Gasteiger charge is -2.18. The predicted molar refractivity (Wildman–Crippen MR) is 55.7 cm³/mol. The zero-order valence-electron chi connectivity index (χ0n) is 8.88. The molecule has 0 spiro atoms. The third-order valence-electron chi connectivity index (χ3n) is 3.61. The van der Waals surface area contributed by atoms with Crippen molar-refractivity contribution in [2.45, 2.75) is 57.0 Å². The number of amides is 1. The normalized spacial score (nSPS) is 34.1. The molecule has 2 aliphatic rings. The smallest absolute Gasteiger partial charge is 0.222 e. The van der Waals surface area contributed by atoms with Crippen molar-refractivity contribution in [2.75, 3.05) is 0 Å². The molecule has 0 aromatic heterocycles. The summed E-state index contributed by atoms with van der Waals surface area (Å²) in [6.45, 7) is 2.22. The van der Waals surface area contributed by atoms with Crippen LogP contribution in [0.1, 0.15) is 45.4 Å². The Morgan fingerprint density at radius 3 is 2.71 bits per heavy atom. The molecule has 0 bridgehead atoms. The van der Waals surface area contributed by atoms with Crippen LogP contribution in [0.25, 0.3) is 0 Å². The van der Waals surface area contributed by atoms with E-state index in [1.54, 1.807) is 0 Å². The van der Waals surface area contributed by atoms with Gasteiger partial charge in [-0.25, -0.2) is 0 Å². The van der Waals surface area contributed by atoms with E-state index in [4.69, 9.17) is 5.73 Å². The molecule has 80 valence electrons. The first kappa shape index (κ1) is 9.97. The second kappa shape index (κ2) is 3.54. The zero-order chi connectivity index (χ0) is 10.2. The Morgan fingerprint density at radius 2 is 2.21 bits per heavy atom. The highest BCUT2D eigenvalue weighted by Gasteiger charge is 2.40. The van der Waals surface area contributed by atoms with Gasteiger partial charge in [-0.15, -0.1) is 0 Å². The molecular weight excluding hydrogens is 176 g/mol. The van der Waals surface area contributed by atoms with Crippen LogP contribution in [0.15, 0.2) is 0 Å². The van der Waals surface area contributed by atoms with E-state index in [-0.39, 0.29) is 11.4 Å². The highest BCUT2D eigenvalue weighted by Crippen LogP contribution is 2.35. The van der Waals surface area contributed by atoms with Gasteiger partial charge in [0.2, 0.25) is 5.91 Å².